The Morgan fingerprint density at radius 2 is 2.18 bits per heavy atom. The van der Waals surface area contributed by atoms with Crippen LogP contribution in [0.5, 0.6) is 0 Å². The molecule has 116 valence electrons. The molecule has 1 aromatic heterocycles. The third-order valence-electron chi connectivity index (χ3n) is 4.26. The molecule has 2 bridgehead atoms. The Balaban J connectivity index is 1.51. The van der Waals surface area contributed by atoms with E-state index in [1.54, 1.807) is 11.0 Å². The number of aliphatic hydroxyl groups excluding tert-OH is 1. The van der Waals surface area contributed by atoms with Crippen LogP contribution in [-0.2, 0) is 16.0 Å². The maximum Gasteiger partial charge on any atom is 0.183 e. The maximum atomic E-state index is 10.7. The summed E-state index contributed by atoms with van der Waals surface area (Å²) in [7, 11) is 0. The fourth-order valence-electron chi connectivity index (χ4n) is 3.14. The third-order valence-corrected chi connectivity index (χ3v) is 4.26. The number of hydrogen-bond donors (Lipinski definition) is 2. The van der Waals surface area contributed by atoms with Crippen LogP contribution >= 0.6 is 0 Å². The van der Waals surface area contributed by atoms with Crippen molar-refractivity contribution >= 4 is 0 Å². The van der Waals surface area contributed by atoms with Crippen molar-refractivity contribution in [3.8, 4) is 0 Å². The molecule has 0 aliphatic carbocycles. The first kappa shape index (κ1) is 13.8. The number of ether oxygens (including phenoxy) is 2. The third kappa shape index (κ3) is 2.42. The molecule has 7 nitrogen and oxygen atoms in total. The maximum absolute atomic E-state index is 10.7. The monoisotopic (exact) mass is 302 g/mol. The molecule has 2 aliphatic rings. The van der Waals surface area contributed by atoms with Crippen molar-refractivity contribution in [3.63, 3.8) is 0 Å². The molecule has 0 spiro atoms. The van der Waals surface area contributed by atoms with E-state index in [2.05, 4.69) is 15.4 Å². The van der Waals surface area contributed by atoms with E-state index in [1.807, 2.05) is 30.3 Å². The highest BCUT2D eigenvalue weighted by Gasteiger charge is 2.51. The first-order chi connectivity index (χ1) is 10.8. The van der Waals surface area contributed by atoms with Gasteiger partial charge in [-0.1, -0.05) is 30.3 Å². The Bertz CT molecular complexity index is 607. The lowest BCUT2D eigenvalue weighted by atomic mass is 9.96. The molecule has 0 saturated carbocycles. The summed E-state index contributed by atoms with van der Waals surface area (Å²) in [5.41, 5.74) is 1.16. The van der Waals surface area contributed by atoms with Gasteiger partial charge in [-0.3, -0.25) is 0 Å². The average Bonchev–Trinajstić information content (AvgIpc) is 3.20. The van der Waals surface area contributed by atoms with Crippen LogP contribution in [0.4, 0.5) is 0 Å². The molecule has 3 heterocycles. The van der Waals surface area contributed by atoms with E-state index >= 15 is 0 Å². The minimum atomic E-state index is -0.656. The van der Waals surface area contributed by atoms with E-state index in [0.717, 1.165) is 5.56 Å². The molecular weight excluding hydrogens is 284 g/mol. The summed E-state index contributed by atoms with van der Waals surface area (Å²) in [6, 6.07) is 9.47. The first-order valence-corrected chi connectivity index (χ1v) is 7.39. The number of rotatable bonds is 4. The van der Waals surface area contributed by atoms with E-state index in [4.69, 9.17) is 9.47 Å². The molecule has 7 heteroatoms. The zero-order valence-corrected chi connectivity index (χ0v) is 11.9. The van der Waals surface area contributed by atoms with Crippen LogP contribution < -0.4 is 5.32 Å². The van der Waals surface area contributed by atoms with Crippen LogP contribution in [0.1, 0.15) is 11.6 Å². The number of nitrogens with one attached hydrogen (secondary N) is 1. The molecular formula is C15H18N4O3. The standard InChI is InChI=1S/C15H18N4O3/c20-14-12(17-6-10-4-2-1-3-5-10)11-7-21-15(22-11)13(14)19-9-16-8-18-19/h1-5,8-9,11-15,17,20H,6-7H2. The number of fused-ring (bicyclic) bond motifs is 2. The molecule has 2 saturated heterocycles. The SMILES string of the molecule is OC1C(NCc2ccccc2)C2COC(O2)C1n1cncn1. The van der Waals surface area contributed by atoms with E-state index in [9.17, 15) is 5.11 Å². The number of aliphatic hydroxyl groups is 1. The molecule has 5 atom stereocenters. The zero-order valence-electron chi connectivity index (χ0n) is 11.9. The smallest absolute Gasteiger partial charge is 0.183 e. The van der Waals surface area contributed by atoms with E-state index < -0.39 is 18.4 Å². The van der Waals surface area contributed by atoms with E-state index in [1.165, 1.54) is 6.33 Å². The van der Waals surface area contributed by atoms with Gasteiger partial charge in [0.05, 0.1) is 18.8 Å². The second-order valence-corrected chi connectivity index (χ2v) is 5.63. The summed E-state index contributed by atoms with van der Waals surface area (Å²) in [6.07, 6.45) is 1.74. The van der Waals surface area contributed by atoms with Crippen molar-refractivity contribution in [2.45, 2.75) is 37.1 Å². The largest absolute Gasteiger partial charge is 0.389 e. The lowest BCUT2D eigenvalue weighted by molar-refractivity contribution is -0.168. The zero-order chi connectivity index (χ0) is 14.9. The molecule has 22 heavy (non-hydrogen) atoms. The highest BCUT2D eigenvalue weighted by atomic mass is 16.7. The van der Waals surface area contributed by atoms with Crippen LogP contribution in [0, 0.1) is 0 Å². The summed E-state index contributed by atoms with van der Waals surface area (Å²) in [5, 5.41) is 18.3. The van der Waals surface area contributed by atoms with Crippen molar-refractivity contribution in [2.75, 3.05) is 6.61 Å². The molecule has 2 aliphatic heterocycles. The van der Waals surface area contributed by atoms with Crippen LogP contribution in [0.15, 0.2) is 43.0 Å². The summed E-state index contributed by atoms with van der Waals surface area (Å²) in [6.45, 7) is 1.14. The van der Waals surface area contributed by atoms with Crippen molar-refractivity contribution < 1.29 is 14.6 Å². The predicted molar refractivity (Wildman–Crippen MR) is 76.7 cm³/mol. The highest BCUT2D eigenvalue weighted by Crippen LogP contribution is 2.35. The van der Waals surface area contributed by atoms with Crippen molar-refractivity contribution in [1.29, 1.82) is 0 Å². The first-order valence-electron chi connectivity index (χ1n) is 7.39. The number of hydrogen-bond acceptors (Lipinski definition) is 6. The van der Waals surface area contributed by atoms with Crippen LogP contribution in [0.2, 0.25) is 0 Å². The van der Waals surface area contributed by atoms with E-state index in [0.29, 0.717) is 13.2 Å². The minimum Gasteiger partial charge on any atom is -0.389 e. The molecule has 1 aromatic carbocycles. The fraction of sp³-hybridized carbons (Fsp3) is 0.467. The van der Waals surface area contributed by atoms with Gasteiger partial charge in [-0.15, -0.1) is 0 Å². The Morgan fingerprint density at radius 1 is 1.32 bits per heavy atom. The minimum absolute atomic E-state index is 0.150. The van der Waals surface area contributed by atoms with Gasteiger partial charge < -0.3 is 19.9 Å². The van der Waals surface area contributed by atoms with Gasteiger partial charge in [0.15, 0.2) is 6.29 Å². The molecule has 2 N–H and O–H groups in total. The summed E-state index contributed by atoms with van der Waals surface area (Å²) < 4.78 is 13.1. The van der Waals surface area contributed by atoms with Gasteiger partial charge in [0, 0.05) is 6.54 Å². The van der Waals surface area contributed by atoms with Crippen LogP contribution in [0.3, 0.4) is 0 Å². The number of nitrogens with zero attached hydrogens (tertiary/aromatic N) is 3. The molecule has 2 aromatic rings. The molecule has 5 unspecified atom stereocenters. The van der Waals surface area contributed by atoms with Crippen molar-refractivity contribution in [1.82, 2.24) is 20.1 Å². The van der Waals surface area contributed by atoms with Crippen LogP contribution in [-0.4, -0.2) is 51.0 Å². The summed E-state index contributed by atoms with van der Waals surface area (Å²) in [4.78, 5) is 3.94. The number of benzene rings is 1. The summed E-state index contributed by atoms with van der Waals surface area (Å²) >= 11 is 0. The Morgan fingerprint density at radius 3 is 2.95 bits per heavy atom. The quantitative estimate of drug-likeness (QED) is 0.833. The van der Waals surface area contributed by atoms with Crippen LogP contribution in [0.25, 0.3) is 0 Å². The highest BCUT2D eigenvalue weighted by molar-refractivity contribution is 5.15. The second-order valence-electron chi connectivity index (χ2n) is 5.63. The normalized spacial score (nSPS) is 34.0. The van der Waals surface area contributed by atoms with Gasteiger partial charge in [-0.25, -0.2) is 9.67 Å². The fourth-order valence-corrected chi connectivity index (χ4v) is 3.14. The second kappa shape index (κ2) is 5.77. The van der Waals surface area contributed by atoms with E-state index in [-0.39, 0.29) is 12.1 Å². The lowest BCUT2D eigenvalue weighted by Gasteiger charge is -2.38. The van der Waals surface area contributed by atoms with Gasteiger partial charge in [-0.05, 0) is 5.56 Å². The molecule has 2 fully saturated rings. The van der Waals surface area contributed by atoms with Crippen molar-refractivity contribution in [3.05, 3.63) is 48.5 Å². The Hall–Kier alpha value is -1.80. The van der Waals surface area contributed by atoms with Crippen molar-refractivity contribution in [2.24, 2.45) is 0 Å². The lowest BCUT2D eigenvalue weighted by Crippen LogP contribution is -2.57. The average molecular weight is 302 g/mol. The van der Waals surface area contributed by atoms with Gasteiger partial charge in [0.25, 0.3) is 0 Å². The topological polar surface area (TPSA) is 81.4 Å². The predicted octanol–water partition coefficient (Wildman–Crippen LogP) is 0.0936. The van der Waals surface area contributed by atoms with Gasteiger partial charge in [0.2, 0.25) is 0 Å². The molecule has 0 amide bonds. The number of aromatic nitrogens is 3. The Kier molecular flexibility index (Phi) is 3.63. The molecule has 0 radical (unpaired) electrons. The summed E-state index contributed by atoms with van der Waals surface area (Å²) in [5.74, 6) is 0. The Labute approximate surface area is 127 Å². The van der Waals surface area contributed by atoms with Gasteiger partial charge >= 0.3 is 0 Å². The molecule has 4 rings (SSSR count). The van der Waals surface area contributed by atoms with Gasteiger partial charge in [-0.2, -0.15) is 5.10 Å². The van der Waals surface area contributed by atoms with Gasteiger partial charge in [0.1, 0.15) is 24.8 Å².